The minimum absolute atomic E-state index is 0.0222. The van der Waals surface area contributed by atoms with Gasteiger partial charge in [-0.05, 0) is 6.42 Å². The SMILES string of the molecule is C=CC(=O)OCCOCCOC(=O)CCCC(=O)OC(=O)C=C. The summed E-state index contributed by atoms with van der Waals surface area (Å²) in [5.74, 6) is -2.57. The third-order valence-electron chi connectivity index (χ3n) is 2.27. The Hall–Kier alpha value is -2.48. The van der Waals surface area contributed by atoms with Crippen molar-refractivity contribution in [2.45, 2.75) is 19.3 Å². The molecule has 0 aliphatic carbocycles. The Morgan fingerprint density at radius 1 is 0.739 bits per heavy atom. The summed E-state index contributed by atoms with van der Waals surface area (Å²) in [6.07, 6.45) is 2.09. The number of hydrogen-bond acceptors (Lipinski definition) is 8. The molecule has 0 aromatic carbocycles. The van der Waals surface area contributed by atoms with Gasteiger partial charge in [0.05, 0.1) is 13.2 Å². The Balaban J connectivity index is 3.48. The summed E-state index contributed by atoms with van der Waals surface area (Å²) in [6, 6.07) is 0. The Labute approximate surface area is 134 Å². The molecule has 128 valence electrons. The van der Waals surface area contributed by atoms with Crippen LogP contribution in [-0.4, -0.2) is 50.3 Å². The average molecular weight is 328 g/mol. The number of esters is 4. The lowest BCUT2D eigenvalue weighted by Gasteiger charge is -2.06. The molecule has 0 aromatic heterocycles. The molecule has 8 nitrogen and oxygen atoms in total. The number of hydrogen-bond donors (Lipinski definition) is 0. The first-order chi connectivity index (χ1) is 11.0. The first kappa shape index (κ1) is 20.5. The van der Waals surface area contributed by atoms with E-state index < -0.39 is 23.9 Å². The molecule has 0 amide bonds. The fourth-order valence-electron chi connectivity index (χ4n) is 1.23. The second-order valence-corrected chi connectivity index (χ2v) is 4.06. The van der Waals surface area contributed by atoms with E-state index in [0.29, 0.717) is 0 Å². The van der Waals surface area contributed by atoms with E-state index in [4.69, 9.17) is 9.47 Å². The van der Waals surface area contributed by atoms with Crippen molar-refractivity contribution in [1.82, 2.24) is 0 Å². The normalized spacial score (nSPS) is 9.57. The first-order valence-corrected chi connectivity index (χ1v) is 6.89. The van der Waals surface area contributed by atoms with Gasteiger partial charge in [-0.15, -0.1) is 0 Å². The van der Waals surface area contributed by atoms with Crippen LogP contribution in [0.1, 0.15) is 19.3 Å². The molecule has 0 unspecified atom stereocenters. The molecule has 0 bridgehead atoms. The molecule has 0 spiro atoms. The van der Waals surface area contributed by atoms with Gasteiger partial charge in [0.25, 0.3) is 0 Å². The summed E-state index contributed by atoms with van der Waals surface area (Å²) >= 11 is 0. The van der Waals surface area contributed by atoms with Crippen molar-refractivity contribution in [3.8, 4) is 0 Å². The Bertz CT molecular complexity index is 441. The molecule has 0 aliphatic rings. The van der Waals surface area contributed by atoms with Crippen LogP contribution in [0.2, 0.25) is 0 Å². The first-order valence-electron chi connectivity index (χ1n) is 6.89. The van der Waals surface area contributed by atoms with Crippen LogP contribution in [0.5, 0.6) is 0 Å². The van der Waals surface area contributed by atoms with Crippen molar-refractivity contribution >= 4 is 23.9 Å². The number of rotatable bonds is 12. The van der Waals surface area contributed by atoms with E-state index >= 15 is 0 Å². The zero-order valence-corrected chi connectivity index (χ0v) is 12.8. The van der Waals surface area contributed by atoms with Gasteiger partial charge in [-0.1, -0.05) is 13.2 Å². The molecular formula is C15H20O8. The molecule has 0 saturated heterocycles. The van der Waals surface area contributed by atoms with Crippen LogP contribution in [0.15, 0.2) is 25.3 Å². The van der Waals surface area contributed by atoms with E-state index in [-0.39, 0.29) is 45.7 Å². The molecule has 0 rings (SSSR count). The van der Waals surface area contributed by atoms with Gasteiger partial charge in [-0.2, -0.15) is 0 Å². The quantitative estimate of drug-likeness (QED) is 0.169. The van der Waals surface area contributed by atoms with Gasteiger partial charge in [0.1, 0.15) is 13.2 Å². The molecule has 0 radical (unpaired) electrons. The number of ether oxygens (including phenoxy) is 4. The summed E-state index contributed by atoms with van der Waals surface area (Å²) in [6.45, 7) is 6.87. The lowest BCUT2D eigenvalue weighted by atomic mass is 10.2. The zero-order chi connectivity index (χ0) is 17.5. The predicted octanol–water partition coefficient (Wildman–Crippen LogP) is 0.701. The highest BCUT2D eigenvalue weighted by molar-refractivity contribution is 5.91. The fraction of sp³-hybridized carbons (Fsp3) is 0.467. The maximum Gasteiger partial charge on any atom is 0.337 e. The van der Waals surface area contributed by atoms with Crippen molar-refractivity contribution in [3.63, 3.8) is 0 Å². The van der Waals surface area contributed by atoms with E-state index in [0.717, 1.165) is 12.2 Å². The Morgan fingerprint density at radius 2 is 1.30 bits per heavy atom. The zero-order valence-electron chi connectivity index (χ0n) is 12.8. The van der Waals surface area contributed by atoms with Gasteiger partial charge in [0, 0.05) is 25.0 Å². The van der Waals surface area contributed by atoms with Gasteiger partial charge in [-0.3, -0.25) is 9.59 Å². The summed E-state index contributed by atoms with van der Waals surface area (Å²) < 4.78 is 18.9. The summed E-state index contributed by atoms with van der Waals surface area (Å²) in [5, 5.41) is 0. The Morgan fingerprint density at radius 3 is 1.91 bits per heavy atom. The van der Waals surface area contributed by atoms with E-state index in [9.17, 15) is 19.2 Å². The van der Waals surface area contributed by atoms with Crippen molar-refractivity contribution in [2.24, 2.45) is 0 Å². The summed E-state index contributed by atoms with van der Waals surface area (Å²) in [4.78, 5) is 43.9. The second kappa shape index (κ2) is 13.2. The molecule has 0 N–H and O–H groups in total. The van der Waals surface area contributed by atoms with Crippen LogP contribution in [0, 0.1) is 0 Å². The van der Waals surface area contributed by atoms with Crippen molar-refractivity contribution in [3.05, 3.63) is 25.3 Å². The third-order valence-corrected chi connectivity index (χ3v) is 2.27. The van der Waals surface area contributed by atoms with Crippen LogP contribution in [0.4, 0.5) is 0 Å². The van der Waals surface area contributed by atoms with Gasteiger partial charge >= 0.3 is 23.9 Å². The highest BCUT2D eigenvalue weighted by atomic mass is 16.6. The largest absolute Gasteiger partial charge is 0.463 e. The van der Waals surface area contributed by atoms with Crippen LogP contribution >= 0.6 is 0 Å². The fourth-order valence-corrected chi connectivity index (χ4v) is 1.23. The molecule has 0 atom stereocenters. The summed E-state index contributed by atoms with van der Waals surface area (Å²) in [7, 11) is 0. The smallest absolute Gasteiger partial charge is 0.337 e. The number of carbonyl (C=O) groups is 4. The lowest BCUT2D eigenvalue weighted by Crippen LogP contribution is -2.14. The maximum atomic E-state index is 11.3. The number of carbonyl (C=O) groups excluding carboxylic acids is 4. The van der Waals surface area contributed by atoms with Crippen LogP contribution in [-0.2, 0) is 38.1 Å². The standard InChI is InChI=1S/C15H20O8/c1-3-12(16)21-10-8-20-9-11-22-14(18)6-5-7-15(19)23-13(17)4-2/h3-4H,1-2,5-11H2. The van der Waals surface area contributed by atoms with Gasteiger partial charge < -0.3 is 18.9 Å². The predicted molar refractivity (Wildman–Crippen MR) is 78.1 cm³/mol. The molecule has 0 aromatic rings. The van der Waals surface area contributed by atoms with E-state index in [1.807, 2.05) is 0 Å². The minimum Gasteiger partial charge on any atom is -0.463 e. The minimum atomic E-state index is -0.825. The molecule has 0 heterocycles. The molecule has 0 fully saturated rings. The van der Waals surface area contributed by atoms with Gasteiger partial charge in [0.15, 0.2) is 0 Å². The monoisotopic (exact) mass is 328 g/mol. The van der Waals surface area contributed by atoms with Crippen LogP contribution < -0.4 is 0 Å². The third kappa shape index (κ3) is 12.9. The van der Waals surface area contributed by atoms with Crippen molar-refractivity contribution < 1.29 is 38.1 Å². The van der Waals surface area contributed by atoms with Crippen molar-refractivity contribution in [2.75, 3.05) is 26.4 Å². The van der Waals surface area contributed by atoms with E-state index in [2.05, 4.69) is 22.6 Å². The molecule has 23 heavy (non-hydrogen) atoms. The molecule has 0 aliphatic heterocycles. The van der Waals surface area contributed by atoms with Gasteiger partial charge in [-0.25, -0.2) is 9.59 Å². The van der Waals surface area contributed by atoms with E-state index in [1.165, 1.54) is 0 Å². The van der Waals surface area contributed by atoms with Crippen molar-refractivity contribution in [1.29, 1.82) is 0 Å². The van der Waals surface area contributed by atoms with Gasteiger partial charge in [0.2, 0.25) is 0 Å². The second-order valence-electron chi connectivity index (χ2n) is 4.06. The molecule has 0 saturated carbocycles. The highest BCUT2D eigenvalue weighted by Crippen LogP contribution is 2.00. The highest BCUT2D eigenvalue weighted by Gasteiger charge is 2.09. The Kier molecular flexibility index (Phi) is 11.8. The van der Waals surface area contributed by atoms with E-state index in [1.54, 1.807) is 0 Å². The molecular weight excluding hydrogens is 308 g/mol. The van der Waals surface area contributed by atoms with Crippen LogP contribution in [0.3, 0.4) is 0 Å². The molecule has 8 heteroatoms. The average Bonchev–Trinajstić information content (AvgIpc) is 2.53. The lowest BCUT2D eigenvalue weighted by molar-refractivity contribution is -0.156. The summed E-state index contributed by atoms with van der Waals surface area (Å²) in [5.41, 5.74) is 0. The topological polar surface area (TPSA) is 105 Å². The van der Waals surface area contributed by atoms with Crippen LogP contribution in [0.25, 0.3) is 0 Å². The maximum absolute atomic E-state index is 11.3.